The van der Waals surface area contributed by atoms with Gasteiger partial charge in [0, 0.05) is 13.1 Å². The molecule has 25 heavy (non-hydrogen) atoms. The second-order valence-electron chi connectivity index (χ2n) is 5.47. The number of benzene rings is 2. The van der Waals surface area contributed by atoms with Crippen LogP contribution in [0.5, 0.6) is 0 Å². The Balaban J connectivity index is 2.22. The lowest BCUT2D eigenvalue weighted by molar-refractivity contribution is -0.146. The smallest absolute Gasteiger partial charge is 0.312 e. The molecular weight excluding hydrogens is 320 g/mol. The summed E-state index contributed by atoms with van der Waals surface area (Å²) in [6, 6.07) is 18.3. The maximum Gasteiger partial charge on any atom is 0.312 e. The summed E-state index contributed by atoms with van der Waals surface area (Å²) in [4.78, 5) is 25.9. The van der Waals surface area contributed by atoms with Crippen molar-refractivity contribution < 1.29 is 19.8 Å². The van der Waals surface area contributed by atoms with Crippen molar-refractivity contribution in [2.45, 2.75) is 6.04 Å². The summed E-state index contributed by atoms with van der Waals surface area (Å²) >= 11 is 0. The molecule has 0 aromatic heterocycles. The van der Waals surface area contributed by atoms with Crippen LogP contribution in [0.2, 0.25) is 0 Å². The molecule has 0 atom stereocenters. The van der Waals surface area contributed by atoms with E-state index in [0.717, 1.165) is 16.0 Å². The molecule has 0 saturated heterocycles. The van der Waals surface area contributed by atoms with Crippen molar-refractivity contribution in [1.82, 2.24) is 10.2 Å². The van der Waals surface area contributed by atoms with Crippen molar-refractivity contribution in [1.29, 1.82) is 0 Å². The predicted molar refractivity (Wildman–Crippen MR) is 93.6 cm³/mol. The van der Waals surface area contributed by atoms with Gasteiger partial charge in [-0.05, 0) is 11.1 Å². The van der Waals surface area contributed by atoms with Gasteiger partial charge in [0.2, 0.25) is 0 Å². The average Bonchev–Trinajstić information content (AvgIpc) is 2.66. The fraction of sp³-hybridized carbons (Fsp3) is 0.263. The molecule has 6 heteroatoms. The monoisotopic (exact) mass is 342 g/mol. The average molecular weight is 342 g/mol. The van der Waals surface area contributed by atoms with E-state index in [-0.39, 0.29) is 26.3 Å². The zero-order valence-electron chi connectivity index (χ0n) is 13.8. The van der Waals surface area contributed by atoms with Crippen LogP contribution in [-0.2, 0) is 9.59 Å². The summed E-state index contributed by atoms with van der Waals surface area (Å²) in [5.41, 5.74) is 1.71. The fourth-order valence-electron chi connectivity index (χ4n) is 2.54. The van der Waals surface area contributed by atoms with E-state index in [1.807, 2.05) is 60.7 Å². The lowest BCUT2D eigenvalue weighted by Crippen LogP contribution is -2.46. The molecule has 2 amide bonds. The topological polar surface area (TPSA) is 89.9 Å². The third-order valence-corrected chi connectivity index (χ3v) is 3.76. The molecule has 0 heterocycles. The highest BCUT2D eigenvalue weighted by Crippen LogP contribution is 2.21. The minimum absolute atomic E-state index is 0.00580. The van der Waals surface area contributed by atoms with Crippen LogP contribution in [0.25, 0.3) is 0 Å². The van der Waals surface area contributed by atoms with Gasteiger partial charge < -0.3 is 20.4 Å². The Morgan fingerprint density at radius 3 is 1.68 bits per heavy atom. The quantitative estimate of drug-likeness (QED) is 0.646. The van der Waals surface area contributed by atoms with Crippen molar-refractivity contribution in [3.8, 4) is 0 Å². The van der Waals surface area contributed by atoms with E-state index in [9.17, 15) is 9.59 Å². The number of nitrogens with zero attached hydrogens (tertiary/aromatic N) is 1. The number of rotatable bonds is 7. The molecule has 132 valence electrons. The van der Waals surface area contributed by atoms with E-state index >= 15 is 0 Å². The number of aliphatic hydroxyl groups is 2. The zero-order chi connectivity index (χ0) is 18.1. The van der Waals surface area contributed by atoms with Crippen LogP contribution in [-0.4, -0.2) is 53.2 Å². The van der Waals surface area contributed by atoms with Crippen molar-refractivity contribution in [3.05, 3.63) is 71.8 Å². The second-order valence-corrected chi connectivity index (χ2v) is 5.47. The Morgan fingerprint density at radius 2 is 1.28 bits per heavy atom. The maximum absolute atomic E-state index is 12.4. The summed E-state index contributed by atoms with van der Waals surface area (Å²) in [5, 5.41) is 20.8. The first-order chi connectivity index (χ1) is 12.2. The number of amides is 2. The molecule has 2 aromatic rings. The van der Waals surface area contributed by atoms with E-state index < -0.39 is 17.9 Å². The number of carbonyl (C=O) groups is 2. The molecule has 0 aliphatic rings. The van der Waals surface area contributed by atoms with Crippen molar-refractivity contribution in [2.75, 3.05) is 26.3 Å². The molecule has 6 nitrogen and oxygen atoms in total. The van der Waals surface area contributed by atoms with Crippen LogP contribution < -0.4 is 5.32 Å². The largest absolute Gasteiger partial charge is 0.395 e. The molecule has 0 aliphatic heterocycles. The molecule has 0 aliphatic carbocycles. The summed E-state index contributed by atoms with van der Waals surface area (Å²) in [5.74, 6) is -1.56. The van der Waals surface area contributed by atoms with Crippen molar-refractivity contribution in [3.63, 3.8) is 0 Å². The molecule has 2 rings (SSSR count). The normalized spacial score (nSPS) is 10.5. The molecule has 2 aromatic carbocycles. The van der Waals surface area contributed by atoms with E-state index in [1.54, 1.807) is 0 Å². The van der Waals surface area contributed by atoms with Gasteiger partial charge in [0.15, 0.2) is 0 Å². The van der Waals surface area contributed by atoms with Gasteiger partial charge in [-0.15, -0.1) is 0 Å². The standard InChI is InChI=1S/C19H22N2O4/c22-13-11-21(12-14-23)19(25)18(24)20-17(15-7-3-1-4-8-15)16-9-5-2-6-10-16/h1-10,17,22-23H,11-14H2,(H,20,24). The summed E-state index contributed by atoms with van der Waals surface area (Å²) < 4.78 is 0. The Hall–Kier alpha value is -2.70. The number of hydrogen-bond acceptors (Lipinski definition) is 4. The van der Waals surface area contributed by atoms with E-state index in [4.69, 9.17) is 10.2 Å². The highest BCUT2D eigenvalue weighted by molar-refractivity contribution is 6.35. The molecule has 0 fully saturated rings. The van der Waals surface area contributed by atoms with Crippen molar-refractivity contribution in [2.24, 2.45) is 0 Å². The second kappa shape index (κ2) is 9.56. The predicted octanol–water partition coefficient (Wildman–Crippen LogP) is 0.705. The number of nitrogens with one attached hydrogen (secondary N) is 1. The van der Waals surface area contributed by atoms with Gasteiger partial charge in [0.1, 0.15) is 0 Å². The molecule has 0 spiro atoms. The lowest BCUT2D eigenvalue weighted by Gasteiger charge is -2.23. The highest BCUT2D eigenvalue weighted by Gasteiger charge is 2.25. The van der Waals surface area contributed by atoms with Gasteiger partial charge in [-0.3, -0.25) is 9.59 Å². The van der Waals surface area contributed by atoms with Crippen LogP contribution >= 0.6 is 0 Å². The summed E-state index contributed by atoms with van der Waals surface area (Å²) in [7, 11) is 0. The van der Waals surface area contributed by atoms with E-state index in [0.29, 0.717) is 0 Å². The Kier molecular flexibility index (Phi) is 7.13. The number of hydrogen-bond donors (Lipinski definition) is 3. The van der Waals surface area contributed by atoms with Crippen LogP contribution in [0.15, 0.2) is 60.7 Å². The van der Waals surface area contributed by atoms with Gasteiger partial charge >= 0.3 is 11.8 Å². The van der Waals surface area contributed by atoms with E-state index in [1.165, 1.54) is 0 Å². The number of aliphatic hydroxyl groups excluding tert-OH is 2. The summed E-state index contributed by atoms with van der Waals surface area (Å²) in [6.07, 6.45) is 0. The Morgan fingerprint density at radius 1 is 0.840 bits per heavy atom. The minimum Gasteiger partial charge on any atom is -0.395 e. The van der Waals surface area contributed by atoms with Crippen LogP contribution in [0.4, 0.5) is 0 Å². The third kappa shape index (κ3) is 5.14. The van der Waals surface area contributed by atoms with Crippen molar-refractivity contribution >= 4 is 11.8 Å². The van der Waals surface area contributed by atoms with Crippen LogP contribution in [0.3, 0.4) is 0 Å². The Bertz CT molecular complexity index is 631. The first-order valence-electron chi connectivity index (χ1n) is 8.08. The number of carbonyl (C=O) groups excluding carboxylic acids is 2. The molecular formula is C19H22N2O4. The van der Waals surface area contributed by atoms with E-state index in [2.05, 4.69) is 5.32 Å². The molecule has 0 saturated carbocycles. The minimum atomic E-state index is -0.778. The summed E-state index contributed by atoms with van der Waals surface area (Å²) in [6.45, 7) is -0.568. The Labute approximate surface area is 146 Å². The lowest BCUT2D eigenvalue weighted by atomic mass is 9.98. The van der Waals surface area contributed by atoms with Crippen LogP contribution in [0.1, 0.15) is 17.2 Å². The van der Waals surface area contributed by atoms with Gasteiger partial charge in [0.25, 0.3) is 0 Å². The SMILES string of the molecule is O=C(NC(c1ccccc1)c1ccccc1)C(=O)N(CCO)CCO. The van der Waals surface area contributed by atoms with Gasteiger partial charge in [-0.1, -0.05) is 60.7 Å². The molecule has 0 radical (unpaired) electrons. The van der Waals surface area contributed by atoms with Gasteiger partial charge in [-0.25, -0.2) is 0 Å². The van der Waals surface area contributed by atoms with Gasteiger partial charge in [-0.2, -0.15) is 0 Å². The highest BCUT2D eigenvalue weighted by atomic mass is 16.3. The molecule has 0 unspecified atom stereocenters. The molecule has 3 N–H and O–H groups in total. The maximum atomic E-state index is 12.4. The fourth-order valence-corrected chi connectivity index (χ4v) is 2.54. The van der Waals surface area contributed by atoms with Crippen LogP contribution in [0, 0.1) is 0 Å². The molecule has 0 bridgehead atoms. The van der Waals surface area contributed by atoms with Gasteiger partial charge in [0.05, 0.1) is 19.3 Å². The first-order valence-corrected chi connectivity index (χ1v) is 8.08. The zero-order valence-corrected chi connectivity index (χ0v) is 13.8. The third-order valence-electron chi connectivity index (χ3n) is 3.76. The first kappa shape index (κ1) is 18.6.